The Morgan fingerprint density at radius 1 is 0.784 bits per heavy atom. The summed E-state index contributed by atoms with van der Waals surface area (Å²) in [6.45, 7) is 16.3. The van der Waals surface area contributed by atoms with Crippen molar-refractivity contribution < 1.29 is 45.2 Å². The minimum absolute atomic E-state index is 0. The van der Waals surface area contributed by atoms with Crippen LogP contribution in [-0.4, -0.2) is 0 Å². The molecule has 0 amide bonds. The fourth-order valence-electron chi connectivity index (χ4n) is 5.61. The van der Waals surface area contributed by atoms with E-state index in [0.29, 0.717) is 0 Å². The molecule has 0 bridgehead atoms. The maximum absolute atomic E-state index is 2.50. The fraction of sp³-hybridized carbons (Fsp3) is 0.294. The number of benzene rings is 3. The normalized spacial score (nSPS) is 14.9. The van der Waals surface area contributed by atoms with E-state index in [1.54, 1.807) is 0 Å². The molecule has 0 saturated carbocycles. The molecule has 0 radical (unpaired) electrons. The van der Waals surface area contributed by atoms with Crippen molar-refractivity contribution in [3.05, 3.63) is 111 Å². The molecular formula is C34H35Cl2Ti. The van der Waals surface area contributed by atoms with Crippen LogP contribution in [0.15, 0.2) is 72.8 Å². The van der Waals surface area contributed by atoms with Gasteiger partial charge >= 0.3 is 223 Å². The molecular weight excluding hydrogens is 527 g/mol. The second-order valence-electron chi connectivity index (χ2n) is 12.0. The molecule has 189 valence electrons. The van der Waals surface area contributed by atoms with Crippen LogP contribution >= 0.6 is 0 Å². The molecule has 2 aliphatic rings. The Hall–Kier alpha value is -1.83. The molecule has 0 unspecified atom stereocenters. The van der Waals surface area contributed by atoms with E-state index < -0.39 is 0 Å². The van der Waals surface area contributed by atoms with Crippen molar-refractivity contribution in [1.29, 1.82) is 0 Å². The third kappa shape index (κ3) is 5.24. The summed E-state index contributed by atoms with van der Waals surface area (Å²) < 4.78 is 1.42. The van der Waals surface area contributed by atoms with E-state index in [2.05, 4.69) is 142 Å². The number of halogens is 2. The first kappa shape index (κ1) is 29.7. The molecule has 0 aromatic heterocycles. The Kier molecular flexibility index (Phi) is 8.63. The second-order valence-corrected chi connectivity index (χ2v) is 12.8. The van der Waals surface area contributed by atoms with Gasteiger partial charge in [0.15, 0.2) is 0 Å². The van der Waals surface area contributed by atoms with Gasteiger partial charge in [-0.25, -0.2) is 0 Å². The van der Waals surface area contributed by atoms with E-state index in [9.17, 15) is 0 Å². The summed E-state index contributed by atoms with van der Waals surface area (Å²) >= 11 is 2.34. The van der Waals surface area contributed by atoms with Gasteiger partial charge in [-0.3, -0.25) is 0 Å². The maximum atomic E-state index is 2.50. The van der Waals surface area contributed by atoms with Gasteiger partial charge in [0.1, 0.15) is 0 Å². The van der Waals surface area contributed by atoms with Gasteiger partial charge in [-0.15, -0.1) is 0 Å². The van der Waals surface area contributed by atoms with Crippen LogP contribution in [-0.2, 0) is 31.3 Å². The van der Waals surface area contributed by atoms with E-state index in [1.165, 1.54) is 64.4 Å². The van der Waals surface area contributed by atoms with Crippen LogP contribution in [0.4, 0.5) is 0 Å². The van der Waals surface area contributed by atoms with E-state index in [4.69, 9.17) is 0 Å². The van der Waals surface area contributed by atoms with E-state index in [1.807, 2.05) is 0 Å². The number of hydrogen-bond donors (Lipinski definition) is 0. The van der Waals surface area contributed by atoms with Gasteiger partial charge in [-0.2, -0.15) is 0 Å². The van der Waals surface area contributed by atoms with Crippen molar-refractivity contribution >= 4 is 15.0 Å². The first-order valence-corrected chi connectivity index (χ1v) is 13.5. The van der Waals surface area contributed by atoms with Crippen molar-refractivity contribution in [2.24, 2.45) is 0 Å². The van der Waals surface area contributed by atoms with Crippen LogP contribution in [0.5, 0.6) is 0 Å². The average Bonchev–Trinajstić information content (AvgIpc) is 3.44. The van der Waals surface area contributed by atoms with Crippen LogP contribution in [0.2, 0.25) is 0 Å². The predicted octanol–water partition coefficient (Wildman–Crippen LogP) is 1.54. The van der Waals surface area contributed by atoms with Crippen molar-refractivity contribution in [3.8, 4) is 11.1 Å². The van der Waals surface area contributed by atoms with Crippen LogP contribution in [0.3, 0.4) is 0 Å². The van der Waals surface area contributed by atoms with Crippen LogP contribution in [0.1, 0.15) is 82.7 Å². The predicted molar refractivity (Wildman–Crippen MR) is 147 cm³/mol. The molecule has 0 atom stereocenters. The molecule has 3 aromatic rings. The zero-order valence-corrected chi connectivity index (χ0v) is 26.0. The van der Waals surface area contributed by atoms with Gasteiger partial charge in [0.05, 0.1) is 0 Å². The summed E-state index contributed by atoms with van der Waals surface area (Å²) in [4.78, 5) is 0. The molecule has 0 saturated heterocycles. The SMILES string of the molecule is CC(c1ccccc1)=c1cc2c(c(C3=CC=CC3)c1C(C)(C)C)=[C]([Ti+2])c1cc(C(C)(C)C)ccc1-2.[Cl-].[Cl-]. The van der Waals surface area contributed by atoms with Crippen molar-refractivity contribution in [2.45, 2.75) is 65.7 Å². The standard InChI is InChI=1S/C34H35.2ClH.Ti/c1-22(23-13-9-8-10-14-23)28-21-29-27-18-17-26(33(2,3)4)19-25(27)20-30(29)31(24-15-11-12-16-24)32(28)34(5,6)7;;;/h8-15,17-19,21H,16H2,1-7H3;2*1H;/q;;;+2/p-2. The molecule has 3 heteroatoms. The summed E-state index contributed by atoms with van der Waals surface area (Å²) in [5.41, 5.74) is 12.7. The Balaban J connectivity index is 0.00000190. The molecule has 0 N–H and O–H groups in total. The van der Waals surface area contributed by atoms with Gasteiger partial charge in [0.25, 0.3) is 0 Å². The summed E-state index contributed by atoms with van der Waals surface area (Å²) in [7, 11) is 0. The molecule has 0 aliphatic heterocycles. The number of allylic oxidation sites excluding steroid dienone is 4. The Morgan fingerprint density at radius 2 is 1.46 bits per heavy atom. The smallest absolute Gasteiger partial charge is 1.00 e. The molecule has 3 aromatic carbocycles. The van der Waals surface area contributed by atoms with E-state index >= 15 is 0 Å². The molecule has 0 spiro atoms. The quantitative estimate of drug-likeness (QED) is 0.416. The van der Waals surface area contributed by atoms with E-state index in [-0.39, 0.29) is 35.6 Å². The van der Waals surface area contributed by atoms with Crippen LogP contribution in [0, 0.1) is 0 Å². The number of hydrogen-bond acceptors (Lipinski definition) is 0. The summed E-state index contributed by atoms with van der Waals surface area (Å²) in [6.07, 6.45) is 7.86. The van der Waals surface area contributed by atoms with Gasteiger partial charge < -0.3 is 24.8 Å². The average molecular weight is 562 g/mol. The first-order valence-electron chi connectivity index (χ1n) is 12.7. The second kappa shape index (κ2) is 10.7. The zero-order chi connectivity index (χ0) is 25.1. The van der Waals surface area contributed by atoms with Crippen LogP contribution in [0.25, 0.3) is 26.2 Å². The van der Waals surface area contributed by atoms with Gasteiger partial charge in [-0.05, 0) is 0 Å². The van der Waals surface area contributed by atoms with Gasteiger partial charge in [0, 0.05) is 0 Å². The topological polar surface area (TPSA) is 0 Å². The van der Waals surface area contributed by atoms with Crippen LogP contribution < -0.4 is 35.3 Å². The summed E-state index contributed by atoms with van der Waals surface area (Å²) in [5.74, 6) is 0. The number of fused-ring (bicyclic) bond motifs is 3. The fourth-order valence-corrected chi connectivity index (χ4v) is 6.34. The zero-order valence-electron chi connectivity index (χ0n) is 22.9. The Morgan fingerprint density at radius 3 is 2.03 bits per heavy atom. The van der Waals surface area contributed by atoms with Crippen molar-refractivity contribution in [2.75, 3.05) is 0 Å². The van der Waals surface area contributed by atoms with Crippen molar-refractivity contribution in [3.63, 3.8) is 0 Å². The minimum Gasteiger partial charge on any atom is -1.00 e. The summed E-state index contributed by atoms with van der Waals surface area (Å²) in [6, 6.07) is 20.5. The largest absolute Gasteiger partial charge is 1.00 e. The third-order valence-electron chi connectivity index (χ3n) is 7.48. The molecule has 37 heavy (non-hydrogen) atoms. The number of rotatable bonds is 2. The molecule has 0 heterocycles. The molecule has 0 nitrogen and oxygen atoms in total. The van der Waals surface area contributed by atoms with E-state index in [0.717, 1.165) is 6.42 Å². The maximum Gasteiger partial charge on any atom is -1.00 e. The Labute approximate surface area is 246 Å². The molecule has 0 fully saturated rings. The third-order valence-corrected chi connectivity index (χ3v) is 8.29. The minimum atomic E-state index is 0. The van der Waals surface area contributed by atoms with Gasteiger partial charge in [-0.1, -0.05) is 0 Å². The monoisotopic (exact) mass is 561 g/mol. The first-order chi connectivity index (χ1) is 16.5. The molecule has 2 aliphatic carbocycles. The van der Waals surface area contributed by atoms with Gasteiger partial charge in [0.2, 0.25) is 0 Å². The Bertz CT molecular complexity index is 1530. The van der Waals surface area contributed by atoms with Crippen molar-refractivity contribution in [1.82, 2.24) is 0 Å². The molecule has 5 rings (SSSR count). The summed E-state index contributed by atoms with van der Waals surface area (Å²) in [5, 5.41) is 2.82.